The fourth-order valence-electron chi connectivity index (χ4n) is 2.47. The molecule has 0 unspecified atom stereocenters. The highest BCUT2D eigenvalue weighted by atomic mass is 35.5. The lowest BCUT2D eigenvalue weighted by molar-refractivity contribution is -0.128. The first-order valence-corrected chi connectivity index (χ1v) is 7.65. The smallest absolute Gasteiger partial charge is 0.222 e. The van der Waals surface area contributed by atoms with Gasteiger partial charge in [-0.25, -0.2) is 4.98 Å². The number of aromatic nitrogens is 2. The van der Waals surface area contributed by atoms with Gasteiger partial charge in [-0.1, -0.05) is 35.9 Å². The number of carbonyl (C=O) groups is 1. The molecular weight excluding hydrogens is 300 g/mol. The molecule has 0 bridgehead atoms. The lowest BCUT2D eigenvalue weighted by atomic mass is 10.1. The van der Waals surface area contributed by atoms with Crippen LogP contribution in [-0.2, 0) is 17.9 Å². The summed E-state index contributed by atoms with van der Waals surface area (Å²) in [6, 6.07) is 8.24. The van der Waals surface area contributed by atoms with Gasteiger partial charge < -0.3 is 10.2 Å². The summed E-state index contributed by atoms with van der Waals surface area (Å²) in [5.74, 6) is 0.907. The van der Waals surface area contributed by atoms with Gasteiger partial charge in [-0.05, 0) is 17.5 Å². The van der Waals surface area contributed by atoms with Gasteiger partial charge in [0.2, 0.25) is 5.91 Å². The van der Waals surface area contributed by atoms with Crippen molar-refractivity contribution in [1.29, 1.82) is 0 Å². The van der Waals surface area contributed by atoms with Crippen molar-refractivity contribution in [2.75, 3.05) is 11.9 Å². The van der Waals surface area contributed by atoms with Crippen molar-refractivity contribution < 1.29 is 4.79 Å². The molecule has 1 aliphatic heterocycles. The standard InChI is InChI=1S/C16H17ClN4O/c17-14-9-18-10-15(20-14)19-8-12-3-5-13(6-4-12)11-21-7-1-2-16(21)22/h3-6,9-10H,1-2,7-8,11H2,(H,19,20). The van der Waals surface area contributed by atoms with Crippen LogP contribution in [-0.4, -0.2) is 27.3 Å². The van der Waals surface area contributed by atoms with Crippen LogP contribution >= 0.6 is 11.6 Å². The van der Waals surface area contributed by atoms with Gasteiger partial charge in [-0.3, -0.25) is 9.78 Å². The van der Waals surface area contributed by atoms with Gasteiger partial charge in [-0.15, -0.1) is 0 Å². The van der Waals surface area contributed by atoms with Gasteiger partial charge in [0.25, 0.3) is 0 Å². The number of hydrogen-bond donors (Lipinski definition) is 1. The molecule has 0 saturated carbocycles. The summed E-state index contributed by atoms with van der Waals surface area (Å²) in [5, 5.41) is 3.55. The lowest BCUT2D eigenvalue weighted by Crippen LogP contribution is -2.23. The summed E-state index contributed by atoms with van der Waals surface area (Å²) >= 11 is 5.79. The zero-order valence-electron chi connectivity index (χ0n) is 12.1. The summed E-state index contributed by atoms with van der Waals surface area (Å²) in [7, 11) is 0. The third-order valence-corrected chi connectivity index (χ3v) is 3.83. The van der Waals surface area contributed by atoms with Crippen LogP contribution in [0, 0.1) is 0 Å². The Morgan fingerprint density at radius 1 is 1.18 bits per heavy atom. The highest BCUT2D eigenvalue weighted by Gasteiger charge is 2.19. The van der Waals surface area contributed by atoms with Gasteiger partial charge >= 0.3 is 0 Å². The van der Waals surface area contributed by atoms with Gasteiger partial charge in [0.1, 0.15) is 11.0 Å². The van der Waals surface area contributed by atoms with E-state index in [1.54, 1.807) is 6.20 Å². The van der Waals surface area contributed by atoms with Crippen molar-refractivity contribution >= 4 is 23.3 Å². The average molecular weight is 317 g/mol. The molecule has 5 nitrogen and oxygen atoms in total. The normalized spacial score (nSPS) is 14.4. The zero-order chi connectivity index (χ0) is 15.4. The molecule has 0 radical (unpaired) electrons. The second-order valence-electron chi connectivity index (χ2n) is 5.32. The van der Waals surface area contributed by atoms with Crippen LogP contribution in [0.1, 0.15) is 24.0 Å². The summed E-state index contributed by atoms with van der Waals surface area (Å²) in [6.45, 7) is 2.22. The van der Waals surface area contributed by atoms with Crippen LogP contribution in [0.15, 0.2) is 36.7 Å². The maximum atomic E-state index is 11.6. The van der Waals surface area contributed by atoms with E-state index in [1.165, 1.54) is 6.20 Å². The minimum absolute atomic E-state index is 0.255. The molecular formula is C16H17ClN4O. The van der Waals surface area contributed by atoms with E-state index < -0.39 is 0 Å². The van der Waals surface area contributed by atoms with Gasteiger partial charge in [0.05, 0.1) is 12.4 Å². The van der Waals surface area contributed by atoms with E-state index in [1.807, 2.05) is 4.90 Å². The molecule has 1 fully saturated rings. The first-order chi connectivity index (χ1) is 10.7. The minimum atomic E-state index is 0.255. The zero-order valence-corrected chi connectivity index (χ0v) is 12.9. The van der Waals surface area contributed by atoms with Crippen LogP contribution in [0.2, 0.25) is 5.15 Å². The molecule has 1 amide bonds. The fourth-order valence-corrected chi connectivity index (χ4v) is 2.62. The van der Waals surface area contributed by atoms with Crippen LogP contribution < -0.4 is 5.32 Å². The molecule has 1 aromatic carbocycles. The van der Waals surface area contributed by atoms with Crippen molar-refractivity contribution in [3.05, 3.63) is 52.9 Å². The van der Waals surface area contributed by atoms with Crippen molar-refractivity contribution in [3.63, 3.8) is 0 Å². The number of benzene rings is 1. The minimum Gasteiger partial charge on any atom is -0.365 e. The molecule has 2 aromatic rings. The second-order valence-corrected chi connectivity index (χ2v) is 5.70. The van der Waals surface area contributed by atoms with Crippen molar-refractivity contribution in [3.8, 4) is 0 Å². The van der Waals surface area contributed by atoms with Crippen molar-refractivity contribution in [1.82, 2.24) is 14.9 Å². The van der Waals surface area contributed by atoms with Gasteiger partial charge in [-0.2, -0.15) is 0 Å². The summed E-state index contributed by atoms with van der Waals surface area (Å²) < 4.78 is 0. The molecule has 6 heteroatoms. The Morgan fingerprint density at radius 2 is 1.95 bits per heavy atom. The number of nitrogens with one attached hydrogen (secondary N) is 1. The quantitative estimate of drug-likeness (QED) is 0.921. The Hall–Kier alpha value is -2.14. The Balaban J connectivity index is 1.56. The number of likely N-dealkylation sites (tertiary alicyclic amines) is 1. The third kappa shape index (κ3) is 3.74. The molecule has 2 heterocycles. The molecule has 3 rings (SSSR count). The summed E-state index contributed by atoms with van der Waals surface area (Å²) in [4.78, 5) is 21.6. The third-order valence-electron chi connectivity index (χ3n) is 3.65. The van der Waals surface area contributed by atoms with E-state index in [2.05, 4.69) is 39.6 Å². The SMILES string of the molecule is O=C1CCCN1Cc1ccc(CNc2cncc(Cl)n2)cc1. The Morgan fingerprint density at radius 3 is 2.64 bits per heavy atom. The molecule has 0 spiro atoms. The number of amides is 1. The van der Waals surface area contributed by atoms with Crippen LogP contribution in [0.3, 0.4) is 0 Å². The Kier molecular flexibility index (Phi) is 4.53. The Labute approximate surface area is 134 Å². The van der Waals surface area contributed by atoms with Crippen molar-refractivity contribution in [2.45, 2.75) is 25.9 Å². The summed E-state index contributed by atoms with van der Waals surface area (Å²) in [5.41, 5.74) is 2.29. The van der Waals surface area contributed by atoms with E-state index in [4.69, 9.17) is 11.6 Å². The van der Waals surface area contributed by atoms with Gasteiger partial charge in [0.15, 0.2) is 0 Å². The van der Waals surface area contributed by atoms with E-state index in [-0.39, 0.29) is 5.91 Å². The predicted molar refractivity (Wildman–Crippen MR) is 85.5 cm³/mol. The molecule has 1 N–H and O–H groups in total. The predicted octanol–water partition coefficient (Wildman–Crippen LogP) is 2.86. The first kappa shape index (κ1) is 14.8. The monoisotopic (exact) mass is 316 g/mol. The van der Waals surface area contributed by atoms with Crippen LogP contribution in [0.25, 0.3) is 0 Å². The maximum absolute atomic E-state index is 11.6. The molecule has 1 saturated heterocycles. The van der Waals surface area contributed by atoms with E-state index >= 15 is 0 Å². The molecule has 0 aliphatic carbocycles. The molecule has 114 valence electrons. The highest BCUT2D eigenvalue weighted by Crippen LogP contribution is 2.15. The van der Waals surface area contributed by atoms with E-state index in [9.17, 15) is 4.79 Å². The summed E-state index contributed by atoms with van der Waals surface area (Å²) in [6.07, 6.45) is 4.80. The first-order valence-electron chi connectivity index (χ1n) is 7.28. The number of rotatable bonds is 5. The van der Waals surface area contributed by atoms with E-state index in [0.717, 1.165) is 24.1 Å². The van der Waals surface area contributed by atoms with Gasteiger partial charge in [0, 0.05) is 26.1 Å². The number of halogens is 1. The largest absolute Gasteiger partial charge is 0.365 e. The maximum Gasteiger partial charge on any atom is 0.222 e. The van der Waals surface area contributed by atoms with Crippen LogP contribution in [0.5, 0.6) is 0 Å². The second kappa shape index (κ2) is 6.75. The number of carbonyl (C=O) groups excluding carboxylic acids is 1. The molecule has 0 atom stereocenters. The van der Waals surface area contributed by atoms with Crippen molar-refractivity contribution in [2.24, 2.45) is 0 Å². The molecule has 1 aromatic heterocycles. The topological polar surface area (TPSA) is 58.1 Å². The molecule has 1 aliphatic rings. The Bertz CT molecular complexity index is 659. The van der Waals surface area contributed by atoms with Crippen LogP contribution in [0.4, 0.5) is 5.82 Å². The van der Waals surface area contributed by atoms with E-state index in [0.29, 0.717) is 30.5 Å². The fraction of sp³-hybridized carbons (Fsp3) is 0.312. The molecule has 22 heavy (non-hydrogen) atoms. The average Bonchev–Trinajstić information content (AvgIpc) is 2.92. The number of nitrogens with zero attached hydrogens (tertiary/aromatic N) is 3. The number of anilines is 1. The lowest BCUT2D eigenvalue weighted by Gasteiger charge is -2.15. The number of hydrogen-bond acceptors (Lipinski definition) is 4. The highest BCUT2D eigenvalue weighted by molar-refractivity contribution is 6.29.